The highest BCUT2D eigenvalue weighted by atomic mass is 32.2. The molecule has 1 aliphatic rings. The van der Waals surface area contributed by atoms with Crippen LogP contribution in [-0.2, 0) is 11.3 Å². The summed E-state index contributed by atoms with van der Waals surface area (Å²) in [6.07, 6.45) is 6.64. The number of thioether (sulfide) groups is 1. The maximum atomic E-state index is 13.0. The van der Waals surface area contributed by atoms with Crippen molar-refractivity contribution in [2.75, 3.05) is 29.6 Å². The molecule has 156 valence electrons. The van der Waals surface area contributed by atoms with Gasteiger partial charge in [0.2, 0.25) is 5.91 Å². The first-order chi connectivity index (χ1) is 14.7. The average Bonchev–Trinajstić information content (AvgIpc) is 3.05. The second-order valence-electron chi connectivity index (χ2n) is 7.51. The van der Waals surface area contributed by atoms with E-state index in [0.717, 1.165) is 42.0 Å². The summed E-state index contributed by atoms with van der Waals surface area (Å²) in [5.41, 5.74) is 0.477. The highest BCUT2D eigenvalue weighted by molar-refractivity contribution is 7.98. The Hall–Kier alpha value is -2.80. The molecule has 1 saturated heterocycles. The van der Waals surface area contributed by atoms with E-state index in [9.17, 15) is 9.59 Å². The van der Waals surface area contributed by atoms with Gasteiger partial charge in [-0.1, -0.05) is 37.1 Å². The van der Waals surface area contributed by atoms with Gasteiger partial charge in [0.15, 0.2) is 5.82 Å². The molecular formula is C23H26N4O2S. The maximum Gasteiger partial charge on any atom is 0.275 e. The summed E-state index contributed by atoms with van der Waals surface area (Å²) < 4.78 is 1.30. The first kappa shape index (κ1) is 20.5. The fourth-order valence-electron chi connectivity index (χ4n) is 3.88. The van der Waals surface area contributed by atoms with Crippen LogP contribution in [-0.4, -0.2) is 35.0 Å². The zero-order chi connectivity index (χ0) is 20.9. The van der Waals surface area contributed by atoms with Crippen LogP contribution in [0.2, 0.25) is 0 Å². The van der Waals surface area contributed by atoms with Crippen molar-refractivity contribution >= 4 is 39.9 Å². The summed E-state index contributed by atoms with van der Waals surface area (Å²) in [7, 11) is 0. The van der Waals surface area contributed by atoms with Gasteiger partial charge in [-0.2, -0.15) is 5.10 Å². The highest BCUT2D eigenvalue weighted by Gasteiger charge is 2.18. The molecule has 0 saturated carbocycles. The van der Waals surface area contributed by atoms with Crippen molar-refractivity contribution in [3.63, 3.8) is 0 Å². The molecule has 0 bridgehead atoms. The first-order valence-corrected chi connectivity index (χ1v) is 11.6. The summed E-state index contributed by atoms with van der Waals surface area (Å²) in [6, 6.07) is 15.2. The Balaban J connectivity index is 1.65. The van der Waals surface area contributed by atoms with Crippen LogP contribution >= 0.6 is 11.8 Å². The van der Waals surface area contributed by atoms with Gasteiger partial charge in [0.1, 0.15) is 6.54 Å². The van der Waals surface area contributed by atoms with Crippen molar-refractivity contribution < 1.29 is 4.79 Å². The lowest BCUT2D eigenvalue weighted by Crippen LogP contribution is -2.33. The van der Waals surface area contributed by atoms with Gasteiger partial charge in [-0.05, 0) is 43.4 Å². The normalized spacial score (nSPS) is 14.5. The molecule has 0 spiro atoms. The molecular weight excluding hydrogens is 396 g/mol. The van der Waals surface area contributed by atoms with Crippen LogP contribution in [0.3, 0.4) is 0 Å². The van der Waals surface area contributed by atoms with Crippen molar-refractivity contribution in [2.24, 2.45) is 0 Å². The zero-order valence-electron chi connectivity index (χ0n) is 17.1. The lowest BCUT2D eigenvalue weighted by Gasteiger charge is -2.23. The van der Waals surface area contributed by atoms with Crippen LogP contribution in [0.4, 0.5) is 11.5 Å². The van der Waals surface area contributed by atoms with Gasteiger partial charge in [-0.25, -0.2) is 4.68 Å². The third kappa shape index (κ3) is 4.51. The summed E-state index contributed by atoms with van der Waals surface area (Å²) in [5, 5.41) is 8.99. The Morgan fingerprint density at radius 3 is 2.50 bits per heavy atom. The number of nitrogens with zero attached hydrogens (tertiary/aromatic N) is 3. The topological polar surface area (TPSA) is 67.2 Å². The van der Waals surface area contributed by atoms with E-state index in [0.29, 0.717) is 11.1 Å². The molecule has 1 N–H and O–H groups in total. The van der Waals surface area contributed by atoms with E-state index in [-0.39, 0.29) is 18.0 Å². The number of aromatic nitrogens is 2. The van der Waals surface area contributed by atoms with E-state index in [2.05, 4.69) is 15.3 Å². The fourth-order valence-corrected chi connectivity index (χ4v) is 4.34. The molecule has 2 heterocycles. The predicted octanol–water partition coefficient (Wildman–Crippen LogP) is 4.14. The van der Waals surface area contributed by atoms with Gasteiger partial charge in [-0.3, -0.25) is 9.59 Å². The van der Waals surface area contributed by atoms with Crippen LogP contribution < -0.4 is 15.8 Å². The molecule has 0 unspecified atom stereocenters. The van der Waals surface area contributed by atoms with Gasteiger partial charge in [0.05, 0.1) is 5.39 Å². The summed E-state index contributed by atoms with van der Waals surface area (Å²) in [6.45, 7) is 1.72. The average molecular weight is 423 g/mol. The van der Waals surface area contributed by atoms with Gasteiger partial charge in [0, 0.05) is 29.1 Å². The Kier molecular flexibility index (Phi) is 6.38. The minimum atomic E-state index is -0.264. The van der Waals surface area contributed by atoms with E-state index in [4.69, 9.17) is 0 Å². The SMILES string of the molecule is CSc1cccc(NC(=O)Cn2nc(N3CCCCCC3)c3ccccc3c2=O)c1. The van der Waals surface area contributed by atoms with Crippen LogP contribution in [0.25, 0.3) is 10.8 Å². The number of rotatable bonds is 5. The molecule has 1 aliphatic heterocycles. The molecule has 1 aromatic heterocycles. The number of hydrogen-bond acceptors (Lipinski definition) is 5. The quantitative estimate of drug-likeness (QED) is 0.626. The van der Waals surface area contributed by atoms with E-state index in [1.54, 1.807) is 11.8 Å². The van der Waals surface area contributed by atoms with Gasteiger partial charge in [-0.15, -0.1) is 11.8 Å². The Morgan fingerprint density at radius 2 is 1.77 bits per heavy atom. The summed E-state index contributed by atoms with van der Waals surface area (Å²) in [4.78, 5) is 29.0. The number of nitrogens with one attached hydrogen (secondary N) is 1. The highest BCUT2D eigenvalue weighted by Crippen LogP contribution is 2.25. The minimum absolute atomic E-state index is 0.117. The molecule has 0 aliphatic carbocycles. The molecule has 1 amide bonds. The molecule has 7 heteroatoms. The van der Waals surface area contributed by atoms with E-state index in [1.165, 1.54) is 17.5 Å². The third-order valence-electron chi connectivity index (χ3n) is 5.40. The Morgan fingerprint density at radius 1 is 1.03 bits per heavy atom. The number of fused-ring (bicyclic) bond motifs is 1. The number of carbonyl (C=O) groups excluding carboxylic acids is 1. The van der Waals surface area contributed by atoms with Gasteiger partial charge < -0.3 is 10.2 Å². The number of hydrogen-bond donors (Lipinski definition) is 1. The Bertz CT molecular complexity index is 1100. The minimum Gasteiger partial charge on any atom is -0.355 e. The van der Waals surface area contributed by atoms with Gasteiger partial charge >= 0.3 is 0 Å². The van der Waals surface area contributed by atoms with Crippen molar-refractivity contribution in [3.8, 4) is 0 Å². The molecule has 1 fully saturated rings. The second-order valence-corrected chi connectivity index (χ2v) is 8.39. The molecule has 6 nitrogen and oxygen atoms in total. The van der Waals surface area contributed by atoms with Crippen LogP contribution in [0, 0.1) is 0 Å². The largest absolute Gasteiger partial charge is 0.355 e. The fraction of sp³-hybridized carbons (Fsp3) is 0.348. The lowest BCUT2D eigenvalue weighted by atomic mass is 10.1. The van der Waals surface area contributed by atoms with Crippen molar-refractivity contribution in [1.29, 1.82) is 0 Å². The number of amides is 1. The van der Waals surface area contributed by atoms with E-state index >= 15 is 0 Å². The van der Waals surface area contributed by atoms with Crippen molar-refractivity contribution in [2.45, 2.75) is 37.1 Å². The lowest BCUT2D eigenvalue weighted by molar-refractivity contribution is -0.117. The Labute approximate surface area is 180 Å². The van der Waals surface area contributed by atoms with Crippen molar-refractivity contribution in [1.82, 2.24) is 9.78 Å². The number of carbonyl (C=O) groups is 1. The maximum absolute atomic E-state index is 13.0. The van der Waals surface area contributed by atoms with Gasteiger partial charge in [0.25, 0.3) is 5.56 Å². The summed E-state index contributed by atoms with van der Waals surface area (Å²) in [5.74, 6) is 0.532. The number of benzene rings is 2. The second kappa shape index (κ2) is 9.34. The van der Waals surface area contributed by atoms with Crippen LogP contribution in [0.5, 0.6) is 0 Å². The van der Waals surface area contributed by atoms with E-state index < -0.39 is 0 Å². The molecule has 3 aromatic rings. The molecule has 2 aromatic carbocycles. The monoisotopic (exact) mass is 422 g/mol. The molecule has 0 atom stereocenters. The van der Waals surface area contributed by atoms with Crippen LogP contribution in [0.15, 0.2) is 58.2 Å². The van der Waals surface area contributed by atoms with Crippen LogP contribution in [0.1, 0.15) is 25.7 Å². The molecule has 4 rings (SSSR count). The first-order valence-electron chi connectivity index (χ1n) is 10.3. The number of anilines is 2. The van der Waals surface area contributed by atoms with E-state index in [1.807, 2.05) is 54.8 Å². The predicted molar refractivity (Wildman–Crippen MR) is 124 cm³/mol. The van der Waals surface area contributed by atoms with Crippen molar-refractivity contribution in [3.05, 3.63) is 58.9 Å². The standard InChI is InChI=1S/C23H26N4O2S/c1-30-18-10-8-9-17(15-18)24-21(28)16-27-23(29)20-12-5-4-11-19(20)22(25-27)26-13-6-2-3-7-14-26/h4-5,8-12,15H,2-3,6-7,13-14,16H2,1H3,(H,24,28). The molecule has 30 heavy (non-hydrogen) atoms. The zero-order valence-corrected chi connectivity index (χ0v) is 18.0. The molecule has 0 radical (unpaired) electrons. The smallest absolute Gasteiger partial charge is 0.275 e. The third-order valence-corrected chi connectivity index (χ3v) is 6.13. The summed E-state index contributed by atoms with van der Waals surface area (Å²) >= 11 is 1.61.